The summed E-state index contributed by atoms with van der Waals surface area (Å²) >= 11 is -0.826. The Balaban J connectivity index is 0.000000244. The third-order valence-corrected chi connectivity index (χ3v) is 9.08. The van der Waals surface area contributed by atoms with Crippen LogP contribution in [0.15, 0.2) is 97.1 Å². The molecule has 0 saturated carbocycles. The van der Waals surface area contributed by atoms with E-state index in [2.05, 4.69) is 186 Å². The predicted molar refractivity (Wildman–Crippen MR) is 231 cm³/mol. The second-order valence-electron chi connectivity index (χ2n) is 16.7. The summed E-state index contributed by atoms with van der Waals surface area (Å²) in [7, 11) is 12.7. The average molecular weight is 829 g/mol. The molecule has 52 heavy (non-hydrogen) atoms. The first-order chi connectivity index (χ1) is 24.3. The zero-order valence-electron chi connectivity index (χ0n) is 33.9. The summed E-state index contributed by atoms with van der Waals surface area (Å²) in [6.45, 7) is 29.0. The molecule has 0 unspecified atom stereocenters. The van der Waals surface area contributed by atoms with E-state index in [9.17, 15) is 0 Å². The van der Waals surface area contributed by atoms with Gasteiger partial charge in [0.25, 0.3) is 0 Å². The Labute approximate surface area is 336 Å². The summed E-state index contributed by atoms with van der Waals surface area (Å²) in [5.41, 5.74) is 12.1. The van der Waals surface area contributed by atoms with Crippen molar-refractivity contribution in [2.45, 2.75) is 106 Å². The minimum absolute atomic E-state index is 0.0360. The molecular weight excluding hydrogens is 771 g/mol. The van der Waals surface area contributed by atoms with Crippen molar-refractivity contribution in [2.75, 3.05) is 7.11 Å². The van der Waals surface area contributed by atoms with Crippen molar-refractivity contribution in [1.29, 1.82) is 0 Å². The van der Waals surface area contributed by atoms with Gasteiger partial charge in [0.1, 0.15) is 5.75 Å². The first kappa shape index (κ1) is 44.0. The minimum atomic E-state index is -0.826. The molecule has 0 aromatic heterocycles. The van der Waals surface area contributed by atoms with E-state index in [4.69, 9.17) is 21.8 Å². The Bertz CT molecular complexity index is 2010. The van der Waals surface area contributed by atoms with E-state index in [-0.39, 0.29) is 16.2 Å². The molecule has 6 rings (SSSR count). The molecule has 0 amide bonds. The van der Waals surface area contributed by atoms with Gasteiger partial charge in [0.05, 0.1) is 7.11 Å². The molecule has 6 aromatic carbocycles. The van der Waals surface area contributed by atoms with Crippen LogP contribution < -0.4 is 4.74 Å². The van der Waals surface area contributed by atoms with Crippen molar-refractivity contribution in [1.82, 2.24) is 0 Å². The maximum atomic E-state index is 5.87. The van der Waals surface area contributed by atoms with Crippen LogP contribution in [0.3, 0.4) is 0 Å². The number of rotatable bonds is 3. The van der Waals surface area contributed by atoms with Crippen molar-refractivity contribution in [3.05, 3.63) is 125 Å². The van der Waals surface area contributed by atoms with Gasteiger partial charge in [-0.15, -0.1) is 56.9 Å². The number of aryl methyl sites for hydroxylation is 2. The van der Waals surface area contributed by atoms with Crippen molar-refractivity contribution in [3.8, 4) is 28.0 Å². The van der Waals surface area contributed by atoms with Gasteiger partial charge in [-0.05, 0) is 44.1 Å². The van der Waals surface area contributed by atoms with E-state index < -0.39 is 20.8 Å². The fraction of sp³-hybridized carbons (Fsp3) is 0.362. The number of fused-ring (bicyclic) bond motifs is 2. The number of ether oxygens (including phenoxy) is 1. The Morgan fingerprint density at radius 1 is 0.596 bits per heavy atom. The third-order valence-electron chi connectivity index (χ3n) is 9.08. The Hall–Kier alpha value is -2.42. The van der Waals surface area contributed by atoms with E-state index >= 15 is 0 Å². The molecule has 0 heterocycles. The number of halogens is 2. The number of hydrogen-bond donors (Lipinski definition) is 0. The Kier molecular flexibility index (Phi) is 15.9. The second-order valence-corrected chi connectivity index (χ2v) is 21.4. The predicted octanol–water partition coefficient (Wildman–Crippen LogP) is 15.1. The van der Waals surface area contributed by atoms with Crippen molar-refractivity contribution in [2.24, 2.45) is 0 Å². The van der Waals surface area contributed by atoms with Crippen molar-refractivity contribution < 1.29 is 25.6 Å². The Morgan fingerprint density at radius 3 is 1.54 bits per heavy atom. The van der Waals surface area contributed by atoms with Crippen molar-refractivity contribution >= 4 is 48.1 Å². The van der Waals surface area contributed by atoms with E-state index in [0.29, 0.717) is 0 Å². The van der Waals surface area contributed by atoms with E-state index in [0.717, 1.165) is 15.3 Å². The third kappa shape index (κ3) is 11.3. The molecule has 0 saturated heterocycles. The molecule has 0 spiro atoms. The van der Waals surface area contributed by atoms with Gasteiger partial charge in [0.2, 0.25) is 0 Å². The van der Waals surface area contributed by atoms with Crippen molar-refractivity contribution in [3.63, 3.8) is 0 Å². The van der Waals surface area contributed by atoms with Gasteiger partial charge in [-0.2, -0.15) is 12.1 Å². The first-order valence-corrected chi connectivity index (χ1v) is 26.3. The number of methoxy groups -OCH3 is 1. The quantitative estimate of drug-likeness (QED) is 0.128. The van der Waals surface area contributed by atoms with E-state index in [1.54, 1.807) is 7.11 Å². The standard InChI is InChI=1S/C24H29.C21H23O.C2H6Si.2ClH.Zr/c1-16-12-18-14-20(24(5,6)7)15-22(21(18)13-16)17-8-10-19(11-9-17)23(2,3)4;1-14-11-16-13-18(21(2,3)4)20(22-5)19(17(16)12-14)15-9-7-6-8-10-15;1-3-2;;;/h8-15H,1-7H3;6-13H,1-5H3;1-2H3;2*1H;/q2*-1;;;;+4/p-2. The molecule has 6 aromatic rings. The second kappa shape index (κ2) is 18.8. The summed E-state index contributed by atoms with van der Waals surface area (Å²) in [6.07, 6.45) is 0. The normalized spacial score (nSPS) is 11.5. The van der Waals surface area contributed by atoms with Crippen LogP contribution in [0, 0.1) is 13.8 Å². The molecule has 5 heteroatoms. The van der Waals surface area contributed by atoms with Crippen LogP contribution in [-0.2, 0) is 37.1 Å². The summed E-state index contributed by atoms with van der Waals surface area (Å²) in [6, 6.07) is 35.8. The number of hydrogen-bond acceptors (Lipinski definition) is 1. The molecular formula is C47H58Cl2OSiZr. The monoisotopic (exact) mass is 826 g/mol. The van der Waals surface area contributed by atoms with Gasteiger partial charge >= 0.3 is 37.9 Å². The summed E-state index contributed by atoms with van der Waals surface area (Å²) in [5.74, 6) is 0.997. The summed E-state index contributed by atoms with van der Waals surface area (Å²) < 4.78 is 5.87. The van der Waals surface area contributed by atoms with Crippen LogP contribution in [0.25, 0.3) is 43.8 Å². The molecule has 0 bridgehead atoms. The average Bonchev–Trinajstić information content (AvgIpc) is 3.64. The fourth-order valence-corrected chi connectivity index (χ4v) is 6.44. The first-order valence-electron chi connectivity index (χ1n) is 18.0. The Morgan fingerprint density at radius 2 is 1.08 bits per heavy atom. The topological polar surface area (TPSA) is 9.23 Å². The zero-order chi connectivity index (χ0) is 39.0. The molecule has 0 aliphatic rings. The molecule has 1 nitrogen and oxygen atoms in total. The van der Waals surface area contributed by atoms with Gasteiger partial charge in [-0.1, -0.05) is 161 Å². The van der Waals surface area contributed by atoms with Crippen LogP contribution in [0.1, 0.15) is 90.1 Å². The van der Waals surface area contributed by atoms with Crippen LogP contribution in [0.4, 0.5) is 0 Å². The molecule has 2 radical (unpaired) electrons. The molecule has 0 aliphatic carbocycles. The van der Waals surface area contributed by atoms with Gasteiger partial charge < -0.3 is 4.74 Å². The van der Waals surface area contributed by atoms with Gasteiger partial charge in [0.15, 0.2) is 0 Å². The SMILES string of the molecule is COc1c(C(C)(C)C)cc2[cH-]c(C)cc2c1-c1ccccc1.C[Si]C.Cc1cc2c(-c3ccc(C(C)(C)C)cc3)cc(C(C)(C)C)cc2[cH-]1.[Cl][Zr+2][Cl]. The molecule has 0 aliphatic heterocycles. The molecule has 274 valence electrons. The van der Waals surface area contributed by atoms with Gasteiger partial charge in [0, 0.05) is 9.52 Å². The van der Waals surface area contributed by atoms with E-state index in [1.807, 2.05) is 0 Å². The molecule has 0 fully saturated rings. The maximum absolute atomic E-state index is 5.87. The zero-order valence-corrected chi connectivity index (χ0v) is 38.9. The van der Waals surface area contributed by atoms with Gasteiger partial charge in [-0.3, -0.25) is 0 Å². The van der Waals surface area contributed by atoms with Crippen LogP contribution in [0.5, 0.6) is 5.75 Å². The number of benzene rings is 4. The summed E-state index contributed by atoms with van der Waals surface area (Å²) in [4.78, 5) is 0. The summed E-state index contributed by atoms with van der Waals surface area (Å²) in [5, 5.41) is 5.29. The van der Waals surface area contributed by atoms with E-state index in [1.165, 1.54) is 71.6 Å². The molecule has 0 atom stereocenters. The van der Waals surface area contributed by atoms with Crippen LogP contribution >= 0.6 is 17.0 Å². The van der Waals surface area contributed by atoms with Gasteiger partial charge in [-0.25, -0.2) is 0 Å². The van der Waals surface area contributed by atoms with Crippen LogP contribution in [0.2, 0.25) is 13.1 Å². The fourth-order valence-electron chi connectivity index (χ4n) is 6.44. The molecule has 0 N–H and O–H groups in total. The van der Waals surface area contributed by atoms with Crippen LogP contribution in [-0.4, -0.2) is 16.6 Å².